The van der Waals surface area contributed by atoms with E-state index in [0.717, 1.165) is 19.6 Å². The maximum Gasteiger partial charge on any atom is 0.277 e. The number of hydrazine groups is 2. The normalized spacial score (nSPS) is 20.6. The lowest BCUT2D eigenvalue weighted by Gasteiger charge is -2.05. The van der Waals surface area contributed by atoms with Crippen molar-refractivity contribution in [3.05, 3.63) is 25.7 Å². The molecule has 1 aromatic carbocycles. The molecule has 4 aliphatic rings. The maximum absolute atomic E-state index is 11.9. The van der Waals surface area contributed by atoms with Crippen LogP contribution >= 0.6 is 59.7 Å². The summed E-state index contributed by atoms with van der Waals surface area (Å²) in [5.74, 6) is -1.81. The van der Waals surface area contributed by atoms with Gasteiger partial charge in [0.15, 0.2) is 0 Å². The molecule has 2 saturated heterocycles. The first kappa shape index (κ1) is 17.4. The molecule has 0 radical (unpaired) electrons. The van der Waals surface area contributed by atoms with Gasteiger partial charge < -0.3 is 0 Å². The lowest BCUT2D eigenvalue weighted by Crippen LogP contribution is -2.28. The van der Waals surface area contributed by atoms with Gasteiger partial charge in [-0.15, -0.1) is 12.6 Å². The van der Waals surface area contributed by atoms with Crippen LogP contribution in [0.3, 0.4) is 0 Å². The number of carbonyl (C=O) groups excluding carboxylic acids is 4. The van der Waals surface area contributed by atoms with Crippen molar-refractivity contribution in [1.29, 1.82) is 0 Å². The van der Waals surface area contributed by atoms with Gasteiger partial charge >= 0.3 is 0 Å². The second-order valence-electron chi connectivity index (χ2n) is 5.43. The van der Waals surface area contributed by atoms with Gasteiger partial charge in [0, 0.05) is 24.5 Å². The highest BCUT2D eigenvalue weighted by atomic mass is 32.2. The van der Waals surface area contributed by atoms with E-state index >= 15 is 0 Å². The Morgan fingerprint density at radius 2 is 1.00 bits per heavy atom. The summed E-state index contributed by atoms with van der Waals surface area (Å²) in [5.41, 5.74) is 9.37. The van der Waals surface area contributed by atoms with Crippen molar-refractivity contribution < 1.29 is 19.2 Å². The van der Waals surface area contributed by atoms with Crippen molar-refractivity contribution in [1.82, 2.24) is 21.7 Å². The molecule has 8 nitrogen and oxygen atoms in total. The zero-order valence-electron chi connectivity index (χ0n) is 12.8. The number of amides is 4. The predicted octanol–water partition coefficient (Wildman–Crippen LogP) is 1.12. The minimum atomic E-state index is -0.454. The number of nitrogens with one attached hydrogen (secondary N) is 4. The van der Waals surface area contributed by atoms with Crippen LogP contribution in [0.1, 0.15) is 0 Å². The second kappa shape index (κ2) is 6.17. The monoisotopic (exact) mass is 454 g/mol. The van der Waals surface area contributed by atoms with Crippen molar-refractivity contribution in [3.8, 4) is 0 Å². The highest BCUT2D eigenvalue weighted by molar-refractivity contribution is 8.26. The minimum Gasteiger partial charge on any atom is -0.267 e. The average molecular weight is 455 g/mol. The molecule has 4 N–H and O–H groups in total. The summed E-state index contributed by atoms with van der Waals surface area (Å²) >= 11 is 9.92. The van der Waals surface area contributed by atoms with Crippen LogP contribution in [0.2, 0.25) is 0 Å². The Morgan fingerprint density at radius 3 is 1.37 bits per heavy atom. The van der Waals surface area contributed by atoms with Crippen molar-refractivity contribution in [2.45, 2.75) is 24.5 Å². The van der Waals surface area contributed by atoms with Gasteiger partial charge in [-0.1, -0.05) is 47.0 Å². The van der Waals surface area contributed by atoms with Gasteiger partial charge in [-0.05, 0) is 6.07 Å². The SMILES string of the molecule is O=C1NNC(=O)C1=C1Sc2cc3c(c(S)c2S1)SC(=C1C(=O)NNC1=O)S3. The van der Waals surface area contributed by atoms with Gasteiger partial charge in [0.2, 0.25) is 0 Å². The summed E-state index contributed by atoms with van der Waals surface area (Å²) < 4.78 is 1.19. The van der Waals surface area contributed by atoms with E-state index in [2.05, 4.69) is 34.3 Å². The minimum absolute atomic E-state index is 0.0940. The average Bonchev–Trinajstić information content (AvgIpc) is 3.36. The van der Waals surface area contributed by atoms with Gasteiger partial charge in [0.25, 0.3) is 23.6 Å². The Bertz CT molecular complexity index is 964. The second-order valence-corrected chi connectivity index (χ2v) is 10.5. The molecule has 0 atom stereocenters. The molecule has 0 bridgehead atoms. The van der Waals surface area contributed by atoms with Gasteiger partial charge in [-0.25, -0.2) is 0 Å². The zero-order valence-corrected chi connectivity index (χ0v) is 17.0. The van der Waals surface area contributed by atoms with Gasteiger partial charge in [-0.2, -0.15) is 0 Å². The third-order valence-electron chi connectivity index (χ3n) is 3.83. The highest BCUT2D eigenvalue weighted by Gasteiger charge is 2.38. The number of hydrogen-bond acceptors (Lipinski definition) is 9. The quantitative estimate of drug-likeness (QED) is 0.225. The molecule has 1 aromatic rings. The molecule has 27 heavy (non-hydrogen) atoms. The van der Waals surface area contributed by atoms with E-state index in [-0.39, 0.29) is 11.1 Å². The van der Waals surface area contributed by atoms with E-state index in [1.54, 1.807) is 0 Å². The Morgan fingerprint density at radius 1 is 0.630 bits per heavy atom. The first-order valence-corrected chi connectivity index (χ1v) is 11.0. The standard InChI is InChI=1S/C14H6N4O4S5/c19-9-4(10(20)16-15-9)13-24-2-1-3-8(6(23)7(2)26-13)27-14(25-3)5-11(21)17-18-12(5)22/h1,23H,(H,15,19)(H,16,20)(H,17,21)(H,18,22). The molecule has 4 aliphatic heterocycles. The maximum atomic E-state index is 11.9. The summed E-state index contributed by atoms with van der Waals surface area (Å²) in [6, 6.07) is 1.93. The van der Waals surface area contributed by atoms with Crippen LogP contribution in [0.25, 0.3) is 0 Å². The molecule has 2 fully saturated rings. The van der Waals surface area contributed by atoms with Crippen molar-refractivity contribution in [2.75, 3.05) is 0 Å². The summed E-state index contributed by atoms with van der Waals surface area (Å²) in [6.45, 7) is 0. The molecule has 0 aliphatic carbocycles. The predicted molar refractivity (Wildman–Crippen MR) is 104 cm³/mol. The zero-order chi connectivity index (χ0) is 18.9. The van der Waals surface area contributed by atoms with Gasteiger partial charge in [0.05, 0.1) is 8.47 Å². The molecule has 136 valence electrons. The molecule has 5 rings (SSSR count). The lowest BCUT2D eigenvalue weighted by atomic mass is 10.3. The van der Waals surface area contributed by atoms with E-state index in [4.69, 9.17) is 0 Å². The van der Waals surface area contributed by atoms with Crippen molar-refractivity contribution >= 4 is 83.3 Å². The fourth-order valence-electron chi connectivity index (χ4n) is 2.62. The molecule has 0 unspecified atom stereocenters. The molecular formula is C14H6N4O4S5. The number of fused-ring (bicyclic) bond motifs is 2. The Hall–Kier alpha value is -1.67. The van der Waals surface area contributed by atoms with E-state index in [1.165, 1.54) is 47.0 Å². The summed E-state index contributed by atoms with van der Waals surface area (Å²) in [7, 11) is 0. The molecule has 4 amide bonds. The topological polar surface area (TPSA) is 116 Å². The van der Waals surface area contributed by atoms with E-state index in [0.29, 0.717) is 13.4 Å². The molecule has 13 heteroatoms. The Kier molecular flexibility index (Phi) is 3.98. The number of hydrogen-bond donors (Lipinski definition) is 5. The fraction of sp³-hybridized carbons (Fsp3) is 0. The molecule has 0 aromatic heterocycles. The van der Waals surface area contributed by atoms with Crippen molar-refractivity contribution in [2.24, 2.45) is 0 Å². The van der Waals surface area contributed by atoms with Gasteiger partial charge in [-0.3, -0.25) is 40.9 Å². The third-order valence-corrected chi connectivity index (χ3v) is 9.74. The first-order valence-electron chi connectivity index (χ1n) is 7.25. The molecular weight excluding hydrogens is 449 g/mol. The van der Waals surface area contributed by atoms with Crippen molar-refractivity contribution in [3.63, 3.8) is 0 Å². The summed E-state index contributed by atoms with van der Waals surface area (Å²) in [6.07, 6.45) is 0. The molecule has 4 heterocycles. The number of carbonyl (C=O) groups is 4. The Labute approximate surface area is 173 Å². The van der Waals surface area contributed by atoms with Crippen LogP contribution in [-0.4, -0.2) is 23.6 Å². The van der Waals surface area contributed by atoms with E-state index in [1.807, 2.05) is 6.07 Å². The Balaban J connectivity index is 1.54. The first-order chi connectivity index (χ1) is 12.9. The number of benzene rings is 1. The van der Waals surface area contributed by atoms with E-state index in [9.17, 15) is 19.2 Å². The largest absolute Gasteiger partial charge is 0.277 e. The van der Waals surface area contributed by atoms with Crippen LogP contribution in [-0.2, 0) is 19.2 Å². The van der Waals surface area contributed by atoms with E-state index < -0.39 is 23.6 Å². The summed E-state index contributed by atoms with van der Waals surface area (Å²) in [4.78, 5) is 51.6. The molecule has 0 saturated carbocycles. The van der Waals surface area contributed by atoms with Gasteiger partial charge in [0.1, 0.15) is 11.1 Å². The third kappa shape index (κ3) is 2.60. The highest BCUT2D eigenvalue weighted by Crippen LogP contribution is 2.62. The summed E-state index contributed by atoms with van der Waals surface area (Å²) in [5, 5.41) is 0. The van der Waals surface area contributed by atoms with Crippen LogP contribution in [0.15, 0.2) is 50.2 Å². The number of rotatable bonds is 0. The number of thioether (sulfide) groups is 4. The molecule has 0 spiro atoms. The van der Waals surface area contributed by atoms with Crippen LogP contribution in [0.5, 0.6) is 0 Å². The lowest BCUT2D eigenvalue weighted by molar-refractivity contribution is -0.118. The van der Waals surface area contributed by atoms with Crippen LogP contribution < -0.4 is 21.7 Å². The smallest absolute Gasteiger partial charge is 0.267 e. The van der Waals surface area contributed by atoms with Crippen LogP contribution in [0.4, 0.5) is 0 Å². The fourth-order valence-corrected chi connectivity index (χ4v) is 8.68. The number of thiol groups is 1. The van der Waals surface area contributed by atoms with Crippen LogP contribution in [0, 0.1) is 0 Å².